The van der Waals surface area contributed by atoms with Gasteiger partial charge in [-0.25, -0.2) is 0 Å². The minimum Gasteiger partial charge on any atom is -0.496 e. The van der Waals surface area contributed by atoms with Crippen molar-refractivity contribution < 1.29 is 14.5 Å². The van der Waals surface area contributed by atoms with Crippen molar-refractivity contribution in [2.24, 2.45) is 5.92 Å². The Hall–Kier alpha value is -2.15. The second-order valence-corrected chi connectivity index (χ2v) is 4.67. The SMILES string of the molecule is COc1ccc(NC(=O)[C@@H]2CCCNC2)c([N+](=O)[O-])c1. The van der Waals surface area contributed by atoms with Gasteiger partial charge in [0.25, 0.3) is 5.69 Å². The first-order valence-electron chi connectivity index (χ1n) is 6.46. The molecule has 1 saturated heterocycles. The third-order valence-electron chi connectivity index (χ3n) is 3.33. The molecule has 1 heterocycles. The Labute approximate surface area is 116 Å². The molecule has 1 fully saturated rings. The number of nitrogens with zero attached hydrogens (tertiary/aromatic N) is 1. The predicted octanol–water partition coefficient (Wildman–Crippen LogP) is 1.54. The number of piperidine rings is 1. The largest absolute Gasteiger partial charge is 0.496 e. The maximum Gasteiger partial charge on any atom is 0.296 e. The molecule has 7 nitrogen and oxygen atoms in total. The highest BCUT2D eigenvalue weighted by atomic mass is 16.6. The lowest BCUT2D eigenvalue weighted by Gasteiger charge is -2.21. The summed E-state index contributed by atoms with van der Waals surface area (Å²) < 4.78 is 4.95. The highest BCUT2D eigenvalue weighted by Gasteiger charge is 2.24. The first-order valence-corrected chi connectivity index (χ1v) is 6.46. The van der Waals surface area contributed by atoms with Gasteiger partial charge in [0.15, 0.2) is 0 Å². The van der Waals surface area contributed by atoms with E-state index in [1.165, 1.54) is 19.2 Å². The Morgan fingerprint density at radius 3 is 2.95 bits per heavy atom. The summed E-state index contributed by atoms with van der Waals surface area (Å²) in [7, 11) is 1.44. The van der Waals surface area contributed by atoms with Gasteiger partial charge in [0, 0.05) is 6.54 Å². The van der Waals surface area contributed by atoms with Gasteiger partial charge in [-0.05, 0) is 31.5 Å². The molecule has 0 bridgehead atoms. The standard InChI is InChI=1S/C13H17N3O4/c1-20-10-4-5-11(12(7-10)16(18)19)15-13(17)9-3-2-6-14-8-9/h4-5,7,9,14H,2-3,6,8H2,1H3,(H,15,17)/t9-/m1/s1. The van der Waals surface area contributed by atoms with E-state index in [0.29, 0.717) is 12.3 Å². The predicted molar refractivity (Wildman–Crippen MR) is 73.9 cm³/mol. The summed E-state index contributed by atoms with van der Waals surface area (Å²) in [6.07, 6.45) is 1.73. The maximum atomic E-state index is 12.1. The average molecular weight is 279 g/mol. The molecule has 7 heteroatoms. The topological polar surface area (TPSA) is 93.5 Å². The number of methoxy groups -OCH3 is 1. The molecule has 1 atom stereocenters. The molecule has 1 amide bonds. The summed E-state index contributed by atoms with van der Waals surface area (Å²) in [6, 6.07) is 4.38. The first-order chi connectivity index (χ1) is 9.61. The van der Waals surface area contributed by atoms with Gasteiger partial charge in [0.1, 0.15) is 11.4 Å². The number of nitro benzene ring substituents is 1. The number of amides is 1. The summed E-state index contributed by atoms with van der Waals surface area (Å²) in [6.45, 7) is 1.52. The third kappa shape index (κ3) is 3.24. The van der Waals surface area contributed by atoms with Crippen molar-refractivity contribution in [1.29, 1.82) is 0 Å². The van der Waals surface area contributed by atoms with Crippen LogP contribution in [0.2, 0.25) is 0 Å². The summed E-state index contributed by atoms with van der Waals surface area (Å²) in [5, 5.41) is 16.8. The van der Waals surface area contributed by atoms with E-state index in [2.05, 4.69) is 10.6 Å². The Morgan fingerprint density at radius 1 is 1.55 bits per heavy atom. The Balaban J connectivity index is 2.15. The number of anilines is 1. The minimum atomic E-state index is -0.531. The van der Waals surface area contributed by atoms with E-state index in [0.717, 1.165) is 19.4 Å². The van der Waals surface area contributed by atoms with Crippen LogP contribution in [0.1, 0.15) is 12.8 Å². The van der Waals surface area contributed by atoms with Crippen molar-refractivity contribution in [3.8, 4) is 5.75 Å². The summed E-state index contributed by atoms with van der Waals surface area (Å²) in [4.78, 5) is 22.6. The van der Waals surface area contributed by atoms with Crippen LogP contribution >= 0.6 is 0 Å². The number of carbonyl (C=O) groups is 1. The number of nitro groups is 1. The Bertz CT molecular complexity index is 512. The van der Waals surface area contributed by atoms with Crippen LogP contribution in [-0.4, -0.2) is 31.0 Å². The van der Waals surface area contributed by atoms with Gasteiger partial charge >= 0.3 is 0 Å². The average Bonchev–Trinajstić information content (AvgIpc) is 2.48. The molecule has 1 aliphatic rings. The number of hydrogen-bond donors (Lipinski definition) is 2. The zero-order chi connectivity index (χ0) is 14.5. The molecule has 0 aliphatic carbocycles. The maximum absolute atomic E-state index is 12.1. The molecule has 0 saturated carbocycles. The number of hydrogen-bond acceptors (Lipinski definition) is 5. The number of nitrogens with one attached hydrogen (secondary N) is 2. The smallest absolute Gasteiger partial charge is 0.296 e. The quantitative estimate of drug-likeness (QED) is 0.644. The molecule has 0 spiro atoms. The van der Waals surface area contributed by atoms with Gasteiger partial charge in [-0.15, -0.1) is 0 Å². The van der Waals surface area contributed by atoms with E-state index in [9.17, 15) is 14.9 Å². The molecular formula is C13H17N3O4. The van der Waals surface area contributed by atoms with Crippen molar-refractivity contribution in [2.45, 2.75) is 12.8 Å². The zero-order valence-corrected chi connectivity index (χ0v) is 11.2. The number of rotatable bonds is 4. The van der Waals surface area contributed by atoms with Gasteiger partial charge in [0.2, 0.25) is 5.91 Å². The van der Waals surface area contributed by atoms with Gasteiger partial charge in [-0.3, -0.25) is 14.9 Å². The third-order valence-corrected chi connectivity index (χ3v) is 3.33. The van der Waals surface area contributed by atoms with Crippen LogP contribution in [-0.2, 0) is 4.79 Å². The van der Waals surface area contributed by atoms with Gasteiger partial charge in [0.05, 0.1) is 24.0 Å². The molecule has 108 valence electrons. The van der Waals surface area contributed by atoms with E-state index < -0.39 is 4.92 Å². The molecule has 0 aromatic heterocycles. The van der Waals surface area contributed by atoms with E-state index in [1.54, 1.807) is 6.07 Å². The highest BCUT2D eigenvalue weighted by Crippen LogP contribution is 2.29. The van der Waals surface area contributed by atoms with Crippen molar-refractivity contribution in [3.05, 3.63) is 28.3 Å². The van der Waals surface area contributed by atoms with Crippen molar-refractivity contribution in [1.82, 2.24) is 5.32 Å². The molecule has 2 N–H and O–H groups in total. The molecule has 1 aromatic carbocycles. The molecule has 20 heavy (non-hydrogen) atoms. The number of ether oxygens (including phenoxy) is 1. The first kappa shape index (κ1) is 14.3. The van der Waals surface area contributed by atoms with Crippen LogP contribution in [0.5, 0.6) is 5.75 Å². The molecule has 2 rings (SSSR count). The van der Waals surface area contributed by atoms with E-state index in [-0.39, 0.29) is 23.2 Å². The second kappa shape index (κ2) is 6.33. The summed E-state index contributed by atoms with van der Waals surface area (Å²) in [5.74, 6) is 0.0463. The number of carbonyl (C=O) groups excluding carboxylic acids is 1. The molecule has 0 radical (unpaired) electrons. The van der Waals surface area contributed by atoms with E-state index in [1.807, 2.05) is 0 Å². The Morgan fingerprint density at radius 2 is 2.35 bits per heavy atom. The van der Waals surface area contributed by atoms with Gasteiger partial charge in [-0.1, -0.05) is 0 Å². The van der Waals surface area contributed by atoms with Crippen molar-refractivity contribution >= 4 is 17.3 Å². The van der Waals surface area contributed by atoms with Crippen LogP contribution in [0.15, 0.2) is 18.2 Å². The lowest BCUT2D eigenvalue weighted by Crippen LogP contribution is -2.37. The molecular weight excluding hydrogens is 262 g/mol. The highest BCUT2D eigenvalue weighted by molar-refractivity contribution is 5.95. The normalized spacial score (nSPS) is 18.4. The van der Waals surface area contributed by atoms with E-state index in [4.69, 9.17) is 4.74 Å². The van der Waals surface area contributed by atoms with Gasteiger partial charge < -0.3 is 15.4 Å². The fraction of sp³-hybridized carbons (Fsp3) is 0.462. The van der Waals surface area contributed by atoms with Crippen LogP contribution in [0.4, 0.5) is 11.4 Å². The van der Waals surface area contributed by atoms with Crippen LogP contribution < -0.4 is 15.4 Å². The van der Waals surface area contributed by atoms with Gasteiger partial charge in [-0.2, -0.15) is 0 Å². The summed E-state index contributed by atoms with van der Waals surface area (Å²) in [5.41, 5.74) is 0.0350. The van der Waals surface area contributed by atoms with Crippen molar-refractivity contribution in [3.63, 3.8) is 0 Å². The Kier molecular flexibility index (Phi) is 4.52. The molecule has 1 aliphatic heterocycles. The minimum absolute atomic E-state index is 0.148. The fourth-order valence-electron chi connectivity index (χ4n) is 2.21. The van der Waals surface area contributed by atoms with E-state index >= 15 is 0 Å². The number of benzene rings is 1. The zero-order valence-electron chi connectivity index (χ0n) is 11.2. The van der Waals surface area contributed by atoms with Crippen LogP contribution in [0.25, 0.3) is 0 Å². The van der Waals surface area contributed by atoms with Crippen molar-refractivity contribution in [2.75, 3.05) is 25.5 Å². The second-order valence-electron chi connectivity index (χ2n) is 4.67. The monoisotopic (exact) mass is 279 g/mol. The summed E-state index contributed by atoms with van der Waals surface area (Å²) >= 11 is 0. The lowest BCUT2D eigenvalue weighted by molar-refractivity contribution is -0.384. The molecule has 0 unspecified atom stereocenters. The van der Waals surface area contributed by atoms with Crippen LogP contribution in [0, 0.1) is 16.0 Å². The fourth-order valence-corrected chi connectivity index (χ4v) is 2.21. The van der Waals surface area contributed by atoms with Crippen LogP contribution in [0.3, 0.4) is 0 Å². The molecule has 1 aromatic rings. The lowest BCUT2D eigenvalue weighted by atomic mass is 9.99.